The lowest BCUT2D eigenvalue weighted by molar-refractivity contribution is 0.0160. The lowest BCUT2D eigenvalue weighted by Gasteiger charge is -2.29. The van der Waals surface area contributed by atoms with Crippen molar-refractivity contribution >= 4 is 28.9 Å². The van der Waals surface area contributed by atoms with Gasteiger partial charge in [0.2, 0.25) is 0 Å². The van der Waals surface area contributed by atoms with Crippen LogP contribution in [0.4, 0.5) is 14.5 Å². The highest BCUT2D eigenvalue weighted by molar-refractivity contribution is 6.33. The Hall–Kier alpha value is -2.52. The molecular weight excluding hydrogens is 437 g/mol. The van der Waals surface area contributed by atoms with E-state index in [1.165, 1.54) is 12.3 Å². The Morgan fingerprint density at radius 3 is 2.80 bits per heavy atom. The Morgan fingerprint density at radius 2 is 2.07 bits per heavy atom. The summed E-state index contributed by atoms with van der Waals surface area (Å²) < 4.78 is 30.0. The summed E-state index contributed by atoms with van der Waals surface area (Å²) in [6, 6.07) is 4.02. The van der Waals surface area contributed by atoms with Crippen LogP contribution in [-0.4, -0.2) is 31.7 Å². The van der Waals surface area contributed by atoms with Crippen LogP contribution >= 0.6 is 23.2 Å². The van der Waals surface area contributed by atoms with Crippen LogP contribution in [0.3, 0.4) is 0 Å². The number of halogens is 4. The molecule has 1 aromatic carbocycles. The van der Waals surface area contributed by atoms with Crippen LogP contribution < -0.4 is 10.5 Å². The van der Waals surface area contributed by atoms with Crippen LogP contribution in [0.5, 0.6) is 0 Å². The van der Waals surface area contributed by atoms with Gasteiger partial charge in [-0.1, -0.05) is 34.5 Å². The van der Waals surface area contributed by atoms with Gasteiger partial charge in [0.15, 0.2) is 0 Å². The van der Waals surface area contributed by atoms with E-state index in [1.54, 1.807) is 23.7 Å². The highest BCUT2D eigenvalue weighted by Gasteiger charge is 2.32. The van der Waals surface area contributed by atoms with E-state index in [0.717, 1.165) is 12.6 Å². The molecule has 0 bridgehead atoms. The van der Waals surface area contributed by atoms with Gasteiger partial charge in [-0.25, -0.2) is 18.6 Å². The van der Waals surface area contributed by atoms with E-state index in [9.17, 15) is 13.6 Å². The van der Waals surface area contributed by atoms with Crippen LogP contribution in [0, 0.1) is 0 Å². The summed E-state index contributed by atoms with van der Waals surface area (Å²) >= 11 is 12.1. The first kappa shape index (κ1) is 20.7. The zero-order valence-corrected chi connectivity index (χ0v) is 17.7. The number of aromatic nitrogens is 5. The predicted molar refractivity (Wildman–Crippen MR) is 109 cm³/mol. The van der Waals surface area contributed by atoms with Crippen molar-refractivity contribution in [1.29, 1.82) is 0 Å². The third-order valence-corrected chi connectivity index (χ3v) is 5.85. The van der Waals surface area contributed by atoms with Gasteiger partial charge in [-0.05, 0) is 24.6 Å². The van der Waals surface area contributed by atoms with Crippen LogP contribution in [-0.2, 0) is 18.9 Å². The molecule has 3 aromatic rings. The molecule has 0 amide bonds. The Morgan fingerprint density at radius 1 is 1.30 bits per heavy atom. The predicted octanol–water partition coefficient (Wildman–Crippen LogP) is 3.95. The Bertz CT molecular complexity index is 1160. The Balaban J connectivity index is 1.67. The Kier molecular flexibility index (Phi) is 5.27. The average Bonchev–Trinajstić information content (AvgIpc) is 3.12. The molecule has 4 rings (SSSR count). The molecule has 158 valence electrons. The maximum atomic E-state index is 14.2. The van der Waals surface area contributed by atoms with Gasteiger partial charge in [-0.15, -0.1) is 5.10 Å². The summed E-state index contributed by atoms with van der Waals surface area (Å²) in [5.41, 5.74) is 1.90. The normalized spacial score (nSPS) is 15.2. The number of aromatic amines is 1. The number of fused-ring (bicyclic) bond motifs is 1. The summed E-state index contributed by atoms with van der Waals surface area (Å²) in [5.74, 6) is -3.05. The molecule has 0 unspecified atom stereocenters. The van der Waals surface area contributed by atoms with Gasteiger partial charge < -0.3 is 4.90 Å². The molecule has 7 nitrogen and oxygen atoms in total. The van der Waals surface area contributed by atoms with E-state index >= 15 is 0 Å². The number of benzene rings is 1. The fourth-order valence-corrected chi connectivity index (χ4v) is 4.13. The molecule has 11 heteroatoms. The minimum absolute atomic E-state index is 0.0604. The molecule has 0 spiro atoms. The lowest BCUT2D eigenvalue weighted by atomic mass is 9.97. The maximum Gasteiger partial charge on any atom is 0.285 e. The lowest BCUT2D eigenvalue weighted by Crippen LogP contribution is -2.33. The molecular formula is C19H18Cl2F2N6O. The highest BCUT2D eigenvalue weighted by Crippen LogP contribution is 2.37. The van der Waals surface area contributed by atoms with Crippen LogP contribution in [0.25, 0.3) is 0 Å². The largest absolute Gasteiger partial charge is 0.362 e. The number of anilines is 1. The molecule has 0 aliphatic carbocycles. The second-order valence-corrected chi connectivity index (χ2v) is 8.11. The molecule has 2 aromatic heterocycles. The zero-order valence-electron chi connectivity index (χ0n) is 16.2. The molecule has 0 fully saturated rings. The summed E-state index contributed by atoms with van der Waals surface area (Å²) in [6.07, 6.45) is 2.05. The molecule has 0 saturated carbocycles. The summed E-state index contributed by atoms with van der Waals surface area (Å²) in [7, 11) is 0. The molecule has 1 N–H and O–H groups in total. The molecule has 1 aliphatic heterocycles. The van der Waals surface area contributed by atoms with Gasteiger partial charge in [-0.3, -0.25) is 4.79 Å². The summed E-state index contributed by atoms with van der Waals surface area (Å²) in [4.78, 5) is 13.6. The maximum absolute atomic E-state index is 14.2. The van der Waals surface area contributed by atoms with Crippen LogP contribution in [0.15, 0.2) is 29.2 Å². The number of hydrogen-bond donors (Lipinski definition) is 1. The fraction of sp³-hybridized carbons (Fsp3) is 0.368. The molecule has 3 heterocycles. The van der Waals surface area contributed by atoms with Crippen LogP contribution in [0.1, 0.15) is 42.4 Å². The molecule has 1 aliphatic rings. The van der Waals surface area contributed by atoms with Crippen molar-refractivity contribution in [1.82, 2.24) is 25.2 Å². The minimum Gasteiger partial charge on any atom is -0.362 e. The zero-order chi connectivity index (χ0) is 21.6. The van der Waals surface area contributed by atoms with Gasteiger partial charge in [0.25, 0.3) is 11.5 Å². The van der Waals surface area contributed by atoms with Gasteiger partial charge in [-0.2, -0.15) is 5.10 Å². The SMILES string of the molecule is C[C@H](c1ccc(Cl)cc1C(C)(F)F)n1nnc2c1CCN(c1cn[nH]c(=O)c1Cl)C2. The van der Waals surface area contributed by atoms with Crippen LogP contribution in [0.2, 0.25) is 10.0 Å². The third-order valence-electron chi connectivity index (χ3n) is 5.25. The van der Waals surface area contributed by atoms with E-state index in [2.05, 4.69) is 20.5 Å². The van der Waals surface area contributed by atoms with E-state index in [1.807, 2.05) is 4.90 Å². The van der Waals surface area contributed by atoms with Crippen molar-refractivity contribution in [2.75, 3.05) is 11.4 Å². The Labute approximate surface area is 180 Å². The summed E-state index contributed by atoms with van der Waals surface area (Å²) in [6.45, 7) is 3.58. The van der Waals surface area contributed by atoms with E-state index in [-0.39, 0.29) is 15.6 Å². The second-order valence-electron chi connectivity index (χ2n) is 7.29. The topological polar surface area (TPSA) is 79.7 Å². The van der Waals surface area contributed by atoms with Gasteiger partial charge in [0.1, 0.15) is 10.7 Å². The first-order valence-corrected chi connectivity index (χ1v) is 10.0. The minimum atomic E-state index is -3.05. The van der Waals surface area contributed by atoms with Gasteiger partial charge in [0.05, 0.1) is 30.2 Å². The van der Waals surface area contributed by atoms with Crippen molar-refractivity contribution in [2.45, 2.75) is 38.8 Å². The molecule has 0 radical (unpaired) electrons. The summed E-state index contributed by atoms with van der Waals surface area (Å²) in [5, 5.41) is 14.9. The monoisotopic (exact) mass is 454 g/mol. The van der Waals surface area contributed by atoms with Crippen molar-refractivity contribution in [2.24, 2.45) is 0 Å². The molecule has 30 heavy (non-hydrogen) atoms. The number of H-pyrrole nitrogens is 1. The van der Waals surface area contributed by atoms with E-state index < -0.39 is 17.5 Å². The van der Waals surface area contributed by atoms with Gasteiger partial charge >= 0.3 is 0 Å². The first-order valence-electron chi connectivity index (χ1n) is 9.25. The van der Waals surface area contributed by atoms with Crippen molar-refractivity contribution in [3.8, 4) is 0 Å². The van der Waals surface area contributed by atoms with E-state index in [4.69, 9.17) is 23.2 Å². The third kappa shape index (κ3) is 3.67. The number of nitrogens with one attached hydrogen (secondary N) is 1. The number of alkyl halides is 2. The van der Waals surface area contributed by atoms with Crippen molar-refractivity contribution in [3.05, 3.63) is 67.3 Å². The molecule has 0 saturated heterocycles. The number of rotatable bonds is 4. The fourth-order valence-electron chi connectivity index (χ4n) is 3.74. The first-order chi connectivity index (χ1) is 14.2. The van der Waals surface area contributed by atoms with Gasteiger partial charge in [0, 0.05) is 30.5 Å². The van der Waals surface area contributed by atoms with Crippen molar-refractivity contribution in [3.63, 3.8) is 0 Å². The quantitative estimate of drug-likeness (QED) is 0.645. The smallest absolute Gasteiger partial charge is 0.285 e. The highest BCUT2D eigenvalue weighted by atomic mass is 35.5. The number of nitrogens with zero attached hydrogens (tertiary/aromatic N) is 5. The second kappa shape index (κ2) is 7.63. The number of hydrogen-bond acceptors (Lipinski definition) is 5. The molecule has 1 atom stereocenters. The van der Waals surface area contributed by atoms with Crippen molar-refractivity contribution < 1.29 is 8.78 Å². The van der Waals surface area contributed by atoms with E-state index in [0.29, 0.717) is 36.5 Å². The standard InChI is InChI=1S/C19H18Cl2F2N6O/c1-10(12-4-3-11(20)7-13(12)19(2,22)23)29-15-5-6-28(9-14(15)25-27-29)16-8-24-26-18(30)17(16)21/h3-4,7-8,10H,5-6,9H2,1-2H3,(H,26,30)/t10-/m1/s1. The average molecular weight is 455 g/mol.